The van der Waals surface area contributed by atoms with Crippen molar-refractivity contribution in [3.8, 4) is 17.2 Å². The van der Waals surface area contributed by atoms with Gasteiger partial charge in [0, 0.05) is 0 Å². The van der Waals surface area contributed by atoms with Crippen molar-refractivity contribution >= 4 is 28.1 Å². The minimum absolute atomic E-state index is 0.354. The van der Waals surface area contributed by atoms with Crippen LogP contribution < -0.4 is 19.6 Å². The number of nitrogens with one attached hydrogen (secondary N) is 1. The second-order valence-electron chi connectivity index (χ2n) is 5.04. The highest BCUT2D eigenvalue weighted by atomic mass is 79.9. The number of hydrogen-bond acceptors (Lipinski definition) is 5. The summed E-state index contributed by atoms with van der Waals surface area (Å²) in [5.41, 5.74) is 3.22. The quantitative estimate of drug-likeness (QED) is 0.565. The van der Waals surface area contributed by atoms with Gasteiger partial charge in [-0.3, -0.25) is 4.79 Å². The lowest BCUT2D eigenvalue weighted by Crippen LogP contribution is -2.33. The first-order chi connectivity index (χ1) is 12.0. The first-order valence-corrected chi connectivity index (χ1v) is 8.30. The molecule has 0 spiro atoms. The number of ether oxygens (including phenoxy) is 3. The fourth-order valence-electron chi connectivity index (χ4n) is 1.98. The Balaban J connectivity index is 1.95. The Hall–Kier alpha value is -2.54. The molecule has 0 bridgehead atoms. The molecule has 1 amide bonds. The molecule has 1 N–H and O–H groups in total. The first-order valence-electron chi connectivity index (χ1n) is 7.51. The van der Waals surface area contributed by atoms with E-state index in [0.29, 0.717) is 17.2 Å². The second kappa shape index (κ2) is 9.08. The highest BCUT2D eigenvalue weighted by molar-refractivity contribution is 9.10. The monoisotopic (exact) mass is 406 g/mol. The minimum atomic E-state index is -0.693. The molecule has 0 saturated carbocycles. The Bertz CT molecular complexity index is 764. The van der Waals surface area contributed by atoms with Gasteiger partial charge in [0.05, 0.1) is 24.9 Å². The van der Waals surface area contributed by atoms with E-state index in [2.05, 4.69) is 26.5 Å². The van der Waals surface area contributed by atoms with Gasteiger partial charge in [-0.25, -0.2) is 5.43 Å². The molecule has 0 aliphatic rings. The fourth-order valence-corrected chi connectivity index (χ4v) is 2.36. The van der Waals surface area contributed by atoms with Crippen LogP contribution in [0.1, 0.15) is 12.5 Å². The Morgan fingerprint density at radius 2 is 1.84 bits per heavy atom. The van der Waals surface area contributed by atoms with Crippen LogP contribution >= 0.6 is 15.9 Å². The third kappa shape index (κ3) is 5.22. The lowest BCUT2D eigenvalue weighted by atomic mass is 10.2. The van der Waals surface area contributed by atoms with Crippen LogP contribution in [0, 0.1) is 0 Å². The summed E-state index contributed by atoms with van der Waals surface area (Å²) in [6.07, 6.45) is 0.826. The fraction of sp³-hybridized carbons (Fsp3) is 0.222. The lowest BCUT2D eigenvalue weighted by molar-refractivity contribution is -0.127. The van der Waals surface area contributed by atoms with E-state index in [4.69, 9.17) is 14.2 Å². The largest absolute Gasteiger partial charge is 0.493 e. The topological polar surface area (TPSA) is 69.2 Å². The summed E-state index contributed by atoms with van der Waals surface area (Å²) >= 11 is 3.37. The molecule has 0 saturated heterocycles. The van der Waals surface area contributed by atoms with Crippen molar-refractivity contribution < 1.29 is 19.0 Å². The van der Waals surface area contributed by atoms with Crippen molar-refractivity contribution in [1.82, 2.24) is 5.43 Å². The van der Waals surface area contributed by atoms with Crippen LogP contribution in [-0.2, 0) is 4.79 Å². The van der Waals surface area contributed by atoms with Crippen molar-refractivity contribution in [1.29, 1.82) is 0 Å². The molecule has 0 aliphatic carbocycles. The van der Waals surface area contributed by atoms with Crippen LogP contribution in [0.2, 0.25) is 0 Å². The second-order valence-corrected chi connectivity index (χ2v) is 5.89. The molecule has 0 radical (unpaired) electrons. The molecular formula is C18H19BrN2O4. The van der Waals surface area contributed by atoms with Crippen LogP contribution in [0.5, 0.6) is 17.2 Å². The molecule has 7 heteroatoms. The average molecular weight is 407 g/mol. The van der Waals surface area contributed by atoms with Crippen LogP contribution in [-0.4, -0.2) is 32.4 Å². The van der Waals surface area contributed by atoms with Gasteiger partial charge >= 0.3 is 0 Å². The van der Waals surface area contributed by atoms with Crippen molar-refractivity contribution in [2.45, 2.75) is 13.0 Å². The van der Waals surface area contributed by atoms with Gasteiger partial charge in [-0.1, -0.05) is 12.1 Å². The summed E-state index contributed by atoms with van der Waals surface area (Å²) in [6, 6.07) is 12.7. The molecule has 0 unspecified atom stereocenters. The van der Waals surface area contributed by atoms with Crippen molar-refractivity contribution in [2.24, 2.45) is 5.10 Å². The number of nitrogens with zero attached hydrogens (tertiary/aromatic N) is 1. The van der Waals surface area contributed by atoms with E-state index in [9.17, 15) is 4.79 Å². The smallest absolute Gasteiger partial charge is 0.280 e. The number of benzene rings is 2. The number of rotatable bonds is 7. The van der Waals surface area contributed by atoms with Gasteiger partial charge in [-0.15, -0.1) is 0 Å². The number of halogens is 1. The number of hydrogen-bond donors (Lipinski definition) is 1. The molecule has 0 heterocycles. The predicted molar refractivity (Wildman–Crippen MR) is 99.5 cm³/mol. The molecule has 6 nitrogen and oxygen atoms in total. The molecule has 0 aromatic heterocycles. The van der Waals surface area contributed by atoms with Gasteiger partial charge in [-0.2, -0.15) is 5.10 Å². The summed E-state index contributed by atoms with van der Waals surface area (Å²) in [5, 5.41) is 3.94. The summed E-state index contributed by atoms with van der Waals surface area (Å²) in [6.45, 7) is 1.65. The molecule has 1 atom stereocenters. The van der Waals surface area contributed by atoms with E-state index in [1.807, 2.05) is 18.2 Å². The Labute approximate surface area is 154 Å². The molecule has 25 heavy (non-hydrogen) atoms. The summed E-state index contributed by atoms with van der Waals surface area (Å²) in [7, 11) is 3.12. The first kappa shape index (κ1) is 18.8. The maximum atomic E-state index is 12.1. The predicted octanol–water partition coefficient (Wildman–Crippen LogP) is 3.38. The van der Waals surface area contributed by atoms with E-state index in [-0.39, 0.29) is 5.91 Å². The van der Waals surface area contributed by atoms with Crippen LogP contribution in [0.3, 0.4) is 0 Å². The number of hydrazone groups is 1. The van der Waals surface area contributed by atoms with Crippen LogP contribution in [0.25, 0.3) is 0 Å². The van der Waals surface area contributed by atoms with Gasteiger partial charge in [0.2, 0.25) is 0 Å². The molecule has 2 rings (SSSR count). The highest BCUT2D eigenvalue weighted by Gasteiger charge is 2.15. The summed E-state index contributed by atoms with van der Waals surface area (Å²) in [5.74, 6) is 1.45. The van der Waals surface area contributed by atoms with E-state index >= 15 is 0 Å². The van der Waals surface area contributed by atoms with Crippen LogP contribution in [0.15, 0.2) is 52.0 Å². The molecule has 132 valence electrons. The standard InChI is InChI=1S/C18H19BrN2O4/c1-12(25-15-7-5-4-6-14(15)19)18(22)21-20-11-13-8-9-16(23-2)17(10-13)24-3/h4-12H,1-3H3,(H,21,22)/t12-/m0/s1. The van der Waals surface area contributed by atoms with Crippen molar-refractivity contribution in [3.63, 3.8) is 0 Å². The zero-order valence-electron chi connectivity index (χ0n) is 14.2. The van der Waals surface area contributed by atoms with E-state index in [0.717, 1.165) is 10.0 Å². The Kier molecular flexibility index (Phi) is 6.82. The number of carbonyl (C=O) groups is 1. The Morgan fingerprint density at radius 1 is 1.12 bits per heavy atom. The average Bonchev–Trinajstić information content (AvgIpc) is 2.63. The zero-order valence-corrected chi connectivity index (χ0v) is 15.7. The SMILES string of the molecule is COc1ccc(C=NNC(=O)[C@H](C)Oc2ccccc2Br)cc1OC. The number of para-hydroxylation sites is 1. The van der Waals surface area contributed by atoms with Crippen LogP contribution in [0.4, 0.5) is 0 Å². The van der Waals surface area contributed by atoms with Crippen molar-refractivity contribution in [3.05, 3.63) is 52.5 Å². The van der Waals surface area contributed by atoms with Crippen molar-refractivity contribution in [2.75, 3.05) is 14.2 Å². The molecular weight excluding hydrogens is 388 g/mol. The summed E-state index contributed by atoms with van der Waals surface area (Å²) < 4.78 is 16.8. The minimum Gasteiger partial charge on any atom is -0.493 e. The highest BCUT2D eigenvalue weighted by Crippen LogP contribution is 2.27. The molecule has 0 aliphatic heterocycles. The zero-order chi connectivity index (χ0) is 18.2. The number of methoxy groups -OCH3 is 2. The van der Waals surface area contributed by atoms with E-state index in [1.54, 1.807) is 45.4 Å². The number of amides is 1. The normalized spacial score (nSPS) is 11.8. The Morgan fingerprint density at radius 3 is 2.52 bits per heavy atom. The van der Waals surface area contributed by atoms with Gasteiger partial charge in [-0.05, 0) is 58.7 Å². The maximum absolute atomic E-state index is 12.1. The molecule has 0 fully saturated rings. The van der Waals surface area contributed by atoms with Gasteiger partial charge in [0.1, 0.15) is 5.75 Å². The van der Waals surface area contributed by atoms with Gasteiger partial charge < -0.3 is 14.2 Å². The number of carbonyl (C=O) groups excluding carboxylic acids is 1. The third-order valence-electron chi connectivity index (χ3n) is 3.31. The summed E-state index contributed by atoms with van der Waals surface area (Å²) in [4.78, 5) is 12.1. The molecule has 2 aromatic carbocycles. The maximum Gasteiger partial charge on any atom is 0.280 e. The molecule has 2 aromatic rings. The van der Waals surface area contributed by atoms with E-state index in [1.165, 1.54) is 6.21 Å². The van der Waals surface area contributed by atoms with Gasteiger partial charge in [0.25, 0.3) is 5.91 Å². The van der Waals surface area contributed by atoms with Gasteiger partial charge in [0.15, 0.2) is 17.6 Å². The van der Waals surface area contributed by atoms with E-state index < -0.39 is 6.10 Å². The lowest BCUT2D eigenvalue weighted by Gasteiger charge is -2.14. The third-order valence-corrected chi connectivity index (χ3v) is 3.96.